The number of carbonyl (C=O) groups is 5. The van der Waals surface area contributed by atoms with Crippen molar-refractivity contribution >= 4 is 51.7 Å². The number of imide groups is 2. The van der Waals surface area contributed by atoms with Crippen LogP contribution in [0.2, 0.25) is 0 Å². The van der Waals surface area contributed by atoms with Gasteiger partial charge in [0.15, 0.2) is 5.13 Å². The molecule has 5 amide bonds. The van der Waals surface area contributed by atoms with E-state index in [1.165, 1.54) is 11.3 Å². The van der Waals surface area contributed by atoms with Crippen LogP contribution >= 0.6 is 11.3 Å². The van der Waals surface area contributed by atoms with Gasteiger partial charge in [-0.05, 0) is 43.2 Å². The molecule has 1 unspecified atom stereocenters. The van der Waals surface area contributed by atoms with Crippen LogP contribution in [0.15, 0.2) is 48.7 Å². The summed E-state index contributed by atoms with van der Waals surface area (Å²) in [5, 5.41) is 8.68. The van der Waals surface area contributed by atoms with Crippen LogP contribution in [0.25, 0.3) is 0 Å². The lowest BCUT2D eigenvalue weighted by molar-refractivity contribution is -0.136. The SMILES string of the molecule is Cc1cnc(NC(=O)Cc2cccc(OCCOCCNc3cccc4c3C(=O)N(C3CCC(=O)NC3=O)C4=O)c2)s1. The second-order valence-electron chi connectivity index (χ2n) is 9.71. The molecule has 2 aliphatic heterocycles. The molecule has 1 aromatic heterocycles. The first-order valence-corrected chi connectivity index (χ1v) is 14.2. The summed E-state index contributed by atoms with van der Waals surface area (Å²) in [4.78, 5) is 68.3. The number of rotatable bonds is 12. The van der Waals surface area contributed by atoms with Gasteiger partial charge in [0.05, 0.1) is 30.8 Å². The van der Waals surface area contributed by atoms with Crippen molar-refractivity contribution in [3.63, 3.8) is 0 Å². The predicted molar refractivity (Wildman–Crippen MR) is 154 cm³/mol. The quantitative estimate of drug-likeness (QED) is 0.213. The van der Waals surface area contributed by atoms with Gasteiger partial charge in [-0.2, -0.15) is 0 Å². The first-order valence-electron chi connectivity index (χ1n) is 13.4. The minimum absolute atomic E-state index is 0.0617. The monoisotopic (exact) mass is 591 g/mol. The van der Waals surface area contributed by atoms with Gasteiger partial charge in [-0.3, -0.25) is 34.2 Å². The van der Waals surface area contributed by atoms with Crippen LogP contribution in [-0.4, -0.2) is 71.8 Å². The predicted octanol–water partition coefficient (Wildman–Crippen LogP) is 2.54. The third-order valence-corrected chi connectivity index (χ3v) is 7.49. The van der Waals surface area contributed by atoms with Crippen molar-refractivity contribution in [2.75, 3.05) is 37.0 Å². The lowest BCUT2D eigenvalue weighted by Crippen LogP contribution is -2.54. The first kappa shape index (κ1) is 28.9. The van der Waals surface area contributed by atoms with E-state index in [-0.39, 0.29) is 36.3 Å². The fourth-order valence-electron chi connectivity index (χ4n) is 4.75. The Morgan fingerprint density at radius 3 is 2.71 bits per heavy atom. The van der Waals surface area contributed by atoms with Crippen LogP contribution in [-0.2, 0) is 25.5 Å². The number of piperidine rings is 1. The number of hydrogen-bond donors (Lipinski definition) is 3. The van der Waals surface area contributed by atoms with Crippen LogP contribution in [0.5, 0.6) is 5.75 Å². The summed E-state index contributed by atoms with van der Waals surface area (Å²) in [5.41, 5.74) is 1.68. The molecule has 42 heavy (non-hydrogen) atoms. The van der Waals surface area contributed by atoms with E-state index in [0.29, 0.717) is 42.9 Å². The number of benzene rings is 2. The lowest BCUT2D eigenvalue weighted by atomic mass is 10.0. The van der Waals surface area contributed by atoms with E-state index in [4.69, 9.17) is 9.47 Å². The fourth-order valence-corrected chi connectivity index (χ4v) is 5.43. The van der Waals surface area contributed by atoms with Gasteiger partial charge in [0.25, 0.3) is 11.8 Å². The fraction of sp³-hybridized carbons (Fsp3) is 0.310. The molecule has 3 aromatic rings. The lowest BCUT2D eigenvalue weighted by Gasteiger charge is -2.27. The normalized spacial score (nSPS) is 16.3. The first-order chi connectivity index (χ1) is 20.3. The van der Waals surface area contributed by atoms with E-state index in [0.717, 1.165) is 15.3 Å². The van der Waals surface area contributed by atoms with Crippen molar-refractivity contribution in [1.82, 2.24) is 15.2 Å². The Bertz CT molecular complexity index is 1540. The summed E-state index contributed by atoms with van der Waals surface area (Å²) in [5.74, 6) is -1.73. The number of nitrogens with zero attached hydrogens (tertiary/aromatic N) is 2. The van der Waals surface area contributed by atoms with Crippen molar-refractivity contribution < 1.29 is 33.4 Å². The molecule has 1 fully saturated rings. The maximum absolute atomic E-state index is 13.2. The molecule has 12 nitrogen and oxygen atoms in total. The second-order valence-corrected chi connectivity index (χ2v) is 10.9. The molecule has 3 heterocycles. The van der Waals surface area contributed by atoms with E-state index in [2.05, 4.69) is 20.9 Å². The van der Waals surface area contributed by atoms with Gasteiger partial charge in [-0.15, -0.1) is 11.3 Å². The number of ether oxygens (including phenoxy) is 2. The molecule has 0 saturated carbocycles. The summed E-state index contributed by atoms with van der Waals surface area (Å²) < 4.78 is 11.4. The molecule has 3 N–H and O–H groups in total. The number of thiazole rings is 1. The van der Waals surface area contributed by atoms with Gasteiger partial charge in [0.2, 0.25) is 17.7 Å². The summed E-state index contributed by atoms with van der Waals surface area (Å²) in [6.45, 7) is 3.20. The summed E-state index contributed by atoms with van der Waals surface area (Å²) in [6.07, 6.45) is 2.07. The standard InChI is InChI=1S/C29H29N5O7S/c1-17-16-31-29(42-17)33-24(36)15-18-4-2-5-19(14-18)41-13-12-40-11-10-30-21-7-3-6-20-25(21)28(39)34(27(20)38)22-8-9-23(35)32-26(22)37/h2-7,14,16,22,30H,8-13,15H2,1H3,(H,31,33,36)(H,32,35,37). The van der Waals surface area contributed by atoms with Gasteiger partial charge in [-0.25, -0.2) is 4.98 Å². The number of anilines is 2. The summed E-state index contributed by atoms with van der Waals surface area (Å²) >= 11 is 1.42. The molecule has 0 spiro atoms. The van der Waals surface area contributed by atoms with Crippen molar-refractivity contribution in [2.24, 2.45) is 0 Å². The van der Waals surface area contributed by atoms with Gasteiger partial charge >= 0.3 is 0 Å². The number of fused-ring (bicyclic) bond motifs is 1. The average Bonchev–Trinajstić information content (AvgIpc) is 3.48. The van der Waals surface area contributed by atoms with E-state index >= 15 is 0 Å². The molecule has 1 saturated heterocycles. The molecule has 1 atom stereocenters. The Hall–Kier alpha value is -4.62. The second kappa shape index (κ2) is 12.9. The van der Waals surface area contributed by atoms with Gasteiger partial charge in [0, 0.05) is 29.7 Å². The van der Waals surface area contributed by atoms with Gasteiger partial charge < -0.3 is 20.1 Å². The maximum Gasteiger partial charge on any atom is 0.264 e. The Balaban J connectivity index is 1.05. The van der Waals surface area contributed by atoms with Crippen LogP contribution < -0.4 is 20.7 Å². The van der Waals surface area contributed by atoms with Gasteiger partial charge in [0.1, 0.15) is 18.4 Å². The number of hydrogen-bond acceptors (Lipinski definition) is 10. The number of carbonyl (C=O) groups excluding carboxylic acids is 5. The van der Waals surface area contributed by atoms with Crippen molar-refractivity contribution in [2.45, 2.75) is 32.2 Å². The average molecular weight is 592 g/mol. The highest BCUT2D eigenvalue weighted by atomic mass is 32.1. The molecule has 5 rings (SSSR count). The zero-order valence-corrected chi connectivity index (χ0v) is 23.6. The molecule has 0 bridgehead atoms. The summed E-state index contributed by atoms with van der Waals surface area (Å²) in [6, 6.07) is 11.2. The van der Waals surface area contributed by atoms with Crippen LogP contribution in [0.4, 0.5) is 10.8 Å². The highest BCUT2D eigenvalue weighted by molar-refractivity contribution is 7.15. The molecular formula is C29H29N5O7S. The molecule has 0 radical (unpaired) electrons. The smallest absolute Gasteiger partial charge is 0.264 e. The summed E-state index contributed by atoms with van der Waals surface area (Å²) in [7, 11) is 0. The van der Waals surface area contributed by atoms with E-state index in [1.807, 2.05) is 19.1 Å². The largest absolute Gasteiger partial charge is 0.491 e. The Morgan fingerprint density at radius 2 is 1.93 bits per heavy atom. The van der Waals surface area contributed by atoms with Crippen LogP contribution in [0.3, 0.4) is 0 Å². The molecule has 13 heteroatoms. The molecule has 0 aliphatic carbocycles. The third kappa shape index (κ3) is 6.64. The van der Waals surface area contributed by atoms with Crippen molar-refractivity contribution in [1.29, 1.82) is 0 Å². The number of aryl methyl sites for hydroxylation is 1. The zero-order valence-electron chi connectivity index (χ0n) is 22.8. The van der Waals surface area contributed by atoms with Crippen molar-refractivity contribution in [3.8, 4) is 5.75 Å². The Labute approximate surface area is 245 Å². The minimum atomic E-state index is -1.02. The van der Waals surface area contributed by atoms with E-state index < -0.39 is 29.7 Å². The molecule has 218 valence electrons. The maximum atomic E-state index is 13.2. The Kier molecular flexibility index (Phi) is 8.88. The van der Waals surface area contributed by atoms with Gasteiger partial charge in [-0.1, -0.05) is 18.2 Å². The van der Waals surface area contributed by atoms with E-state index in [1.54, 1.807) is 36.5 Å². The van der Waals surface area contributed by atoms with Crippen molar-refractivity contribution in [3.05, 3.63) is 70.2 Å². The van der Waals surface area contributed by atoms with E-state index in [9.17, 15) is 24.0 Å². The minimum Gasteiger partial charge on any atom is -0.491 e. The zero-order chi connectivity index (χ0) is 29.6. The molecule has 2 aromatic carbocycles. The number of nitrogens with one attached hydrogen (secondary N) is 3. The van der Waals surface area contributed by atoms with Crippen LogP contribution in [0.1, 0.15) is 44.0 Å². The molecular weight excluding hydrogens is 562 g/mol. The molecule has 2 aliphatic rings. The number of amides is 5. The Morgan fingerprint density at radius 1 is 1.10 bits per heavy atom. The highest BCUT2D eigenvalue weighted by Gasteiger charge is 2.45. The highest BCUT2D eigenvalue weighted by Crippen LogP contribution is 2.32. The third-order valence-electron chi connectivity index (χ3n) is 6.66. The van der Waals surface area contributed by atoms with Crippen LogP contribution in [0, 0.1) is 6.92 Å². The topological polar surface area (TPSA) is 156 Å². The number of aromatic nitrogens is 1.